The molecule has 0 saturated heterocycles. The third kappa shape index (κ3) is 2.18. The molecule has 100 valence electrons. The molecule has 4 heteroatoms. The van der Waals surface area contributed by atoms with Crippen molar-refractivity contribution in [2.75, 3.05) is 27.4 Å². The van der Waals surface area contributed by atoms with Crippen LogP contribution in [0.15, 0.2) is 12.1 Å². The molecule has 0 unspecified atom stereocenters. The van der Waals surface area contributed by atoms with Crippen molar-refractivity contribution in [2.24, 2.45) is 0 Å². The molecule has 1 aliphatic heterocycles. The predicted octanol–water partition coefficient (Wildman–Crippen LogP) is 1.87. The first-order valence-corrected chi connectivity index (χ1v) is 6.15. The fourth-order valence-corrected chi connectivity index (χ4v) is 2.50. The normalized spacial score (nSPS) is 22.4. The minimum absolute atomic E-state index is 0.101. The topological polar surface area (TPSA) is 47.9 Å². The largest absolute Gasteiger partial charge is 0.493 e. The third-order valence-electron chi connectivity index (χ3n) is 3.56. The molecule has 0 amide bonds. The number of benzene rings is 1. The minimum atomic E-state index is -0.443. The zero-order valence-corrected chi connectivity index (χ0v) is 11.2. The van der Waals surface area contributed by atoms with Crippen LogP contribution in [0.5, 0.6) is 11.5 Å². The van der Waals surface area contributed by atoms with Crippen molar-refractivity contribution in [1.82, 2.24) is 0 Å². The van der Waals surface area contributed by atoms with Gasteiger partial charge in [-0.3, -0.25) is 0 Å². The summed E-state index contributed by atoms with van der Waals surface area (Å²) in [4.78, 5) is 0. The van der Waals surface area contributed by atoms with Crippen molar-refractivity contribution in [2.45, 2.75) is 25.4 Å². The molecule has 1 N–H and O–H groups in total. The number of rotatable bonds is 4. The summed E-state index contributed by atoms with van der Waals surface area (Å²) >= 11 is 0. The van der Waals surface area contributed by atoms with E-state index in [2.05, 4.69) is 0 Å². The Bertz CT molecular complexity index is 430. The number of hydrogen-bond acceptors (Lipinski definition) is 4. The molecule has 1 aliphatic rings. The van der Waals surface area contributed by atoms with Gasteiger partial charge in [0.15, 0.2) is 11.5 Å². The van der Waals surface area contributed by atoms with Crippen LogP contribution < -0.4 is 9.47 Å². The van der Waals surface area contributed by atoms with E-state index in [9.17, 15) is 5.11 Å². The average molecular weight is 252 g/mol. The zero-order chi connectivity index (χ0) is 13.2. The van der Waals surface area contributed by atoms with Crippen LogP contribution in [0, 0.1) is 0 Å². The molecule has 0 saturated carbocycles. The van der Waals surface area contributed by atoms with E-state index in [1.807, 2.05) is 19.1 Å². The number of hydrogen-bond donors (Lipinski definition) is 1. The van der Waals surface area contributed by atoms with Crippen LogP contribution in [0.4, 0.5) is 0 Å². The molecular formula is C14H20O4. The first kappa shape index (κ1) is 13.2. The summed E-state index contributed by atoms with van der Waals surface area (Å²) in [5.74, 6) is 1.44. The van der Waals surface area contributed by atoms with Crippen molar-refractivity contribution in [3.8, 4) is 11.5 Å². The van der Waals surface area contributed by atoms with Gasteiger partial charge >= 0.3 is 0 Å². The Balaban J connectivity index is 2.50. The summed E-state index contributed by atoms with van der Waals surface area (Å²) in [6.07, 6.45) is 1.44. The second-order valence-corrected chi connectivity index (χ2v) is 4.67. The van der Waals surface area contributed by atoms with E-state index in [-0.39, 0.29) is 6.61 Å². The lowest BCUT2D eigenvalue weighted by Crippen LogP contribution is -2.33. The summed E-state index contributed by atoms with van der Waals surface area (Å²) in [6, 6.07) is 3.97. The smallest absolute Gasteiger partial charge is 0.161 e. The molecule has 18 heavy (non-hydrogen) atoms. The van der Waals surface area contributed by atoms with E-state index in [1.54, 1.807) is 14.2 Å². The van der Waals surface area contributed by atoms with Gasteiger partial charge in [-0.25, -0.2) is 0 Å². The molecule has 0 aromatic heterocycles. The Morgan fingerprint density at radius 1 is 1.28 bits per heavy atom. The summed E-state index contributed by atoms with van der Waals surface area (Å²) in [6.45, 7) is 2.77. The number of fused-ring (bicyclic) bond motifs is 1. The van der Waals surface area contributed by atoms with Crippen LogP contribution >= 0.6 is 0 Å². The number of methoxy groups -OCH3 is 2. The Labute approximate surface area is 107 Å². The van der Waals surface area contributed by atoms with Gasteiger partial charge < -0.3 is 19.3 Å². The molecule has 1 atom stereocenters. The van der Waals surface area contributed by atoms with Crippen molar-refractivity contribution in [3.63, 3.8) is 0 Å². The molecule has 1 aromatic rings. The van der Waals surface area contributed by atoms with Crippen LogP contribution in [0.2, 0.25) is 0 Å². The van der Waals surface area contributed by atoms with Gasteiger partial charge in [-0.05, 0) is 36.6 Å². The van der Waals surface area contributed by atoms with Gasteiger partial charge in [0.05, 0.1) is 26.4 Å². The van der Waals surface area contributed by atoms with E-state index in [0.717, 1.165) is 17.7 Å². The molecule has 0 radical (unpaired) electrons. The van der Waals surface area contributed by atoms with Gasteiger partial charge in [-0.2, -0.15) is 0 Å². The lowest BCUT2D eigenvalue weighted by molar-refractivity contribution is -0.0607. The molecule has 4 nitrogen and oxygen atoms in total. The van der Waals surface area contributed by atoms with Crippen LogP contribution in [0.3, 0.4) is 0 Å². The first-order chi connectivity index (χ1) is 8.64. The van der Waals surface area contributed by atoms with Crippen LogP contribution in [0.25, 0.3) is 0 Å². The SMILES string of the molecule is COc1cc2c(cc1OC)[C@@](C)(CCO)OCC2. The quantitative estimate of drug-likeness (QED) is 0.888. The second-order valence-electron chi connectivity index (χ2n) is 4.67. The molecule has 0 aliphatic carbocycles. The van der Waals surface area contributed by atoms with E-state index in [4.69, 9.17) is 14.2 Å². The highest BCUT2D eigenvalue weighted by molar-refractivity contribution is 5.50. The van der Waals surface area contributed by atoms with Crippen LogP contribution in [-0.2, 0) is 16.8 Å². The predicted molar refractivity (Wildman–Crippen MR) is 68.3 cm³/mol. The van der Waals surface area contributed by atoms with Gasteiger partial charge in [-0.1, -0.05) is 0 Å². The summed E-state index contributed by atoms with van der Waals surface area (Å²) in [5.41, 5.74) is 1.84. The highest BCUT2D eigenvalue weighted by Crippen LogP contribution is 2.41. The lowest BCUT2D eigenvalue weighted by atomic mass is 9.85. The molecule has 2 rings (SSSR count). The van der Waals surface area contributed by atoms with E-state index in [1.165, 1.54) is 5.56 Å². The highest BCUT2D eigenvalue weighted by atomic mass is 16.5. The Hall–Kier alpha value is -1.26. The van der Waals surface area contributed by atoms with Gasteiger partial charge in [0.25, 0.3) is 0 Å². The molecule has 1 aromatic carbocycles. The minimum Gasteiger partial charge on any atom is -0.493 e. The summed E-state index contributed by atoms with van der Waals surface area (Å²) in [7, 11) is 3.26. The molecule has 1 heterocycles. The maximum atomic E-state index is 9.20. The maximum absolute atomic E-state index is 9.20. The maximum Gasteiger partial charge on any atom is 0.161 e. The Morgan fingerprint density at radius 2 is 1.94 bits per heavy atom. The van der Waals surface area contributed by atoms with Crippen molar-refractivity contribution >= 4 is 0 Å². The van der Waals surface area contributed by atoms with Gasteiger partial charge in [0, 0.05) is 13.0 Å². The van der Waals surface area contributed by atoms with E-state index >= 15 is 0 Å². The van der Waals surface area contributed by atoms with Crippen molar-refractivity contribution < 1.29 is 19.3 Å². The zero-order valence-electron chi connectivity index (χ0n) is 11.2. The van der Waals surface area contributed by atoms with E-state index in [0.29, 0.717) is 18.8 Å². The number of aliphatic hydroxyl groups excluding tert-OH is 1. The van der Waals surface area contributed by atoms with E-state index < -0.39 is 5.60 Å². The second kappa shape index (κ2) is 5.16. The van der Waals surface area contributed by atoms with Gasteiger partial charge in [-0.15, -0.1) is 0 Å². The fraction of sp³-hybridized carbons (Fsp3) is 0.571. The van der Waals surface area contributed by atoms with Crippen molar-refractivity contribution in [1.29, 1.82) is 0 Å². The Morgan fingerprint density at radius 3 is 2.56 bits per heavy atom. The molecular weight excluding hydrogens is 232 g/mol. The Kier molecular flexibility index (Phi) is 3.78. The standard InChI is InChI=1S/C14H20O4/c1-14(5-6-15)11-9-13(17-3)12(16-2)8-10(11)4-7-18-14/h8-9,15H,4-7H2,1-3H3/t14-/m1/s1. The third-order valence-corrected chi connectivity index (χ3v) is 3.56. The molecule has 0 spiro atoms. The number of ether oxygens (including phenoxy) is 3. The lowest BCUT2D eigenvalue weighted by Gasteiger charge is -2.36. The average Bonchev–Trinajstić information content (AvgIpc) is 2.38. The van der Waals surface area contributed by atoms with Crippen molar-refractivity contribution in [3.05, 3.63) is 23.3 Å². The van der Waals surface area contributed by atoms with Gasteiger partial charge in [0.2, 0.25) is 0 Å². The number of aliphatic hydroxyl groups is 1. The highest BCUT2D eigenvalue weighted by Gasteiger charge is 2.33. The first-order valence-electron chi connectivity index (χ1n) is 6.15. The van der Waals surface area contributed by atoms with Crippen LogP contribution in [0.1, 0.15) is 24.5 Å². The summed E-state index contributed by atoms with van der Waals surface area (Å²) < 4.78 is 16.5. The fourth-order valence-electron chi connectivity index (χ4n) is 2.50. The monoisotopic (exact) mass is 252 g/mol. The summed E-state index contributed by atoms with van der Waals surface area (Å²) in [5, 5.41) is 9.20. The molecule has 0 bridgehead atoms. The molecule has 0 fully saturated rings. The van der Waals surface area contributed by atoms with Gasteiger partial charge in [0.1, 0.15) is 0 Å². The van der Waals surface area contributed by atoms with Crippen LogP contribution in [-0.4, -0.2) is 32.5 Å².